The molecule has 0 bridgehead atoms. The van der Waals surface area contributed by atoms with Gasteiger partial charge in [0.05, 0.1) is 0 Å². The molecule has 1 aliphatic rings. The minimum absolute atomic E-state index is 0.505. The number of rotatable bonds is 4. The van der Waals surface area contributed by atoms with Crippen molar-refractivity contribution in [1.29, 1.82) is 0 Å². The third-order valence-corrected chi connectivity index (χ3v) is 4.36. The number of nitrogens with one attached hydrogen (secondary N) is 1. The standard InChI is InChI=1S/C17H22N4/c1-12-6-5-9-14(12)11-19-16-10-15(18)20-17(21-16)13-7-3-2-4-8-13/h2-4,7-8,10,12,14H,5-6,9,11H2,1H3,(H3,18,19,20,21). The van der Waals surface area contributed by atoms with Crippen LogP contribution in [0.25, 0.3) is 11.4 Å². The van der Waals surface area contributed by atoms with E-state index in [1.807, 2.05) is 36.4 Å². The van der Waals surface area contributed by atoms with Gasteiger partial charge in [0.25, 0.3) is 0 Å². The smallest absolute Gasteiger partial charge is 0.163 e. The molecule has 4 nitrogen and oxygen atoms in total. The van der Waals surface area contributed by atoms with Crippen molar-refractivity contribution in [2.24, 2.45) is 11.8 Å². The summed E-state index contributed by atoms with van der Waals surface area (Å²) in [6.07, 6.45) is 3.99. The van der Waals surface area contributed by atoms with E-state index in [0.29, 0.717) is 11.6 Å². The number of hydrogen-bond acceptors (Lipinski definition) is 4. The molecule has 0 amide bonds. The van der Waals surface area contributed by atoms with Crippen LogP contribution < -0.4 is 11.1 Å². The molecule has 0 saturated heterocycles. The fourth-order valence-corrected chi connectivity index (χ4v) is 3.03. The summed E-state index contributed by atoms with van der Waals surface area (Å²) in [5.74, 6) is 3.54. The Hall–Kier alpha value is -2.10. The number of benzene rings is 1. The molecule has 4 heteroatoms. The van der Waals surface area contributed by atoms with Crippen molar-refractivity contribution in [1.82, 2.24) is 9.97 Å². The number of nitrogens with zero attached hydrogens (tertiary/aromatic N) is 2. The zero-order valence-electron chi connectivity index (χ0n) is 12.4. The van der Waals surface area contributed by atoms with Gasteiger partial charge in [0.1, 0.15) is 11.6 Å². The van der Waals surface area contributed by atoms with E-state index in [0.717, 1.165) is 29.8 Å². The first kappa shape index (κ1) is 13.9. The summed E-state index contributed by atoms with van der Waals surface area (Å²) in [5, 5.41) is 3.44. The summed E-state index contributed by atoms with van der Waals surface area (Å²) in [5.41, 5.74) is 6.90. The van der Waals surface area contributed by atoms with Gasteiger partial charge in [-0.05, 0) is 18.3 Å². The highest BCUT2D eigenvalue weighted by molar-refractivity contribution is 5.60. The molecule has 1 aromatic carbocycles. The van der Waals surface area contributed by atoms with E-state index in [4.69, 9.17) is 5.73 Å². The number of nitrogens with two attached hydrogens (primary N) is 1. The van der Waals surface area contributed by atoms with Gasteiger partial charge < -0.3 is 11.1 Å². The number of anilines is 2. The monoisotopic (exact) mass is 282 g/mol. The predicted octanol–water partition coefficient (Wildman–Crippen LogP) is 3.57. The molecule has 1 aromatic heterocycles. The van der Waals surface area contributed by atoms with Crippen LogP contribution in [0.3, 0.4) is 0 Å². The van der Waals surface area contributed by atoms with Crippen LogP contribution in [0.15, 0.2) is 36.4 Å². The molecule has 0 radical (unpaired) electrons. The summed E-state index contributed by atoms with van der Waals surface area (Å²) < 4.78 is 0. The molecule has 2 unspecified atom stereocenters. The fraction of sp³-hybridized carbons (Fsp3) is 0.412. The van der Waals surface area contributed by atoms with Crippen molar-refractivity contribution in [2.75, 3.05) is 17.6 Å². The first-order valence-electron chi connectivity index (χ1n) is 7.66. The fourth-order valence-electron chi connectivity index (χ4n) is 3.03. The minimum Gasteiger partial charge on any atom is -0.384 e. The van der Waals surface area contributed by atoms with Gasteiger partial charge in [-0.25, -0.2) is 9.97 Å². The molecule has 2 atom stereocenters. The van der Waals surface area contributed by atoms with Crippen molar-refractivity contribution in [3.05, 3.63) is 36.4 Å². The lowest BCUT2D eigenvalue weighted by atomic mass is 9.98. The topological polar surface area (TPSA) is 63.8 Å². The first-order chi connectivity index (χ1) is 10.2. The van der Waals surface area contributed by atoms with Crippen molar-refractivity contribution in [3.63, 3.8) is 0 Å². The maximum Gasteiger partial charge on any atom is 0.163 e. The highest BCUT2D eigenvalue weighted by Gasteiger charge is 2.23. The van der Waals surface area contributed by atoms with Crippen LogP contribution in [0.2, 0.25) is 0 Å². The predicted molar refractivity (Wildman–Crippen MR) is 86.9 cm³/mol. The van der Waals surface area contributed by atoms with Crippen LogP contribution in [-0.2, 0) is 0 Å². The van der Waals surface area contributed by atoms with Gasteiger partial charge in [-0.2, -0.15) is 0 Å². The Morgan fingerprint density at radius 3 is 2.71 bits per heavy atom. The number of hydrogen-bond donors (Lipinski definition) is 2. The molecule has 3 N–H and O–H groups in total. The van der Waals surface area contributed by atoms with E-state index >= 15 is 0 Å². The second-order valence-electron chi connectivity index (χ2n) is 5.92. The molecule has 1 aliphatic carbocycles. The summed E-state index contributed by atoms with van der Waals surface area (Å²) in [4.78, 5) is 8.91. The second kappa shape index (κ2) is 6.12. The lowest BCUT2D eigenvalue weighted by molar-refractivity contribution is 0.439. The van der Waals surface area contributed by atoms with E-state index in [9.17, 15) is 0 Å². The molecule has 1 saturated carbocycles. The largest absolute Gasteiger partial charge is 0.384 e. The van der Waals surface area contributed by atoms with Gasteiger partial charge in [0.2, 0.25) is 0 Å². The van der Waals surface area contributed by atoms with Crippen LogP contribution in [0.5, 0.6) is 0 Å². The van der Waals surface area contributed by atoms with Gasteiger partial charge in [-0.15, -0.1) is 0 Å². The molecule has 1 fully saturated rings. The third-order valence-electron chi connectivity index (χ3n) is 4.36. The molecular formula is C17H22N4. The molecule has 110 valence electrons. The Morgan fingerprint density at radius 1 is 1.19 bits per heavy atom. The van der Waals surface area contributed by atoms with E-state index in [-0.39, 0.29) is 0 Å². The Balaban J connectivity index is 1.75. The average Bonchev–Trinajstić information content (AvgIpc) is 2.91. The number of aromatic nitrogens is 2. The zero-order chi connectivity index (χ0) is 14.7. The summed E-state index contributed by atoms with van der Waals surface area (Å²) >= 11 is 0. The molecule has 21 heavy (non-hydrogen) atoms. The Kier molecular flexibility index (Phi) is 4.04. The highest BCUT2D eigenvalue weighted by atomic mass is 15.0. The molecule has 3 rings (SSSR count). The van der Waals surface area contributed by atoms with Crippen LogP contribution in [-0.4, -0.2) is 16.5 Å². The lowest BCUT2D eigenvalue weighted by Crippen LogP contribution is -2.17. The molecule has 0 spiro atoms. The van der Waals surface area contributed by atoms with E-state index in [1.165, 1.54) is 19.3 Å². The maximum atomic E-state index is 5.92. The summed E-state index contributed by atoms with van der Waals surface area (Å²) in [6, 6.07) is 11.8. The summed E-state index contributed by atoms with van der Waals surface area (Å²) in [7, 11) is 0. The van der Waals surface area contributed by atoms with Crippen molar-refractivity contribution < 1.29 is 0 Å². The molecule has 2 aromatic rings. The lowest BCUT2D eigenvalue weighted by Gasteiger charge is -2.16. The van der Waals surface area contributed by atoms with Crippen molar-refractivity contribution >= 4 is 11.6 Å². The molecular weight excluding hydrogens is 260 g/mol. The summed E-state index contributed by atoms with van der Waals surface area (Å²) in [6.45, 7) is 3.30. The van der Waals surface area contributed by atoms with Crippen molar-refractivity contribution in [2.45, 2.75) is 26.2 Å². The van der Waals surface area contributed by atoms with Gasteiger partial charge in [-0.3, -0.25) is 0 Å². The third kappa shape index (κ3) is 3.32. The van der Waals surface area contributed by atoms with Crippen molar-refractivity contribution in [3.8, 4) is 11.4 Å². The van der Waals surface area contributed by atoms with Gasteiger partial charge in [-0.1, -0.05) is 50.1 Å². The maximum absolute atomic E-state index is 5.92. The minimum atomic E-state index is 0.505. The quantitative estimate of drug-likeness (QED) is 0.899. The van der Waals surface area contributed by atoms with Crippen LogP contribution in [0.4, 0.5) is 11.6 Å². The number of nitrogen functional groups attached to an aromatic ring is 1. The van der Waals surface area contributed by atoms with E-state index in [2.05, 4.69) is 22.2 Å². The first-order valence-corrected chi connectivity index (χ1v) is 7.66. The SMILES string of the molecule is CC1CCCC1CNc1cc(N)nc(-c2ccccc2)n1. The Morgan fingerprint density at radius 2 is 2.00 bits per heavy atom. The van der Waals surface area contributed by atoms with Crippen LogP contribution in [0.1, 0.15) is 26.2 Å². The molecule has 1 heterocycles. The highest BCUT2D eigenvalue weighted by Crippen LogP contribution is 2.31. The van der Waals surface area contributed by atoms with Crippen LogP contribution >= 0.6 is 0 Å². The Bertz CT molecular complexity index is 597. The molecule has 0 aliphatic heterocycles. The zero-order valence-corrected chi connectivity index (χ0v) is 12.4. The van der Waals surface area contributed by atoms with E-state index in [1.54, 1.807) is 0 Å². The Labute approximate surface area is 125 Å². The van der Waals surface area contributed by atoms with Gasteiger partial charge in [0.15, 0.2) is 5.82 Å². The van der Waals surface area contributed by atoms with Crippen LogP contribution in [0, 0.1) is 11.8 Å². The van der Waals surface area contributed by atoms with E-state index < -0.39 is 0 Å². The average molecular weight is 282 g/mol. The van der Waals surface area contributed by atoms with Gasteiger partial charge >= 0.3 is 0 Å². The second-order valence-corrected chi connectivity index (χ2v) is 5.92. The van der Waals surface area contributed by atoms with Gasteiger partial charge in [0, 0.05) is 18.2 Å². The normalized spacial score (nSPS) is 21.4.